The minimum absolute atomic E-state index is 0.0864. The van der Waals surface area contributed by atoms with Gasteiger partial charge in [-0.05, 0) is 5.56 Å². The number of halogens is 1. The number of aliphatic hydroxyl groups excluding tert-OH is 1. The second kappa shape index (κ2) is 6.85. The van der Waals surface area contributed by atoms with E-state index in [1.165, 1.54) is 6.33 Å². The lowest BCUT2D eigenvalue weighted by molar-refractivity contribution is -0.0323. The van der Waals surface area contributed by atoms with Gasteiger partial charge in [0, 0.05) is 13.0 Å². The molecule has 1 saturated heterocycles. The van der Waals surface area contributed by atoms with Gasteiger partial charge in [0.2, 0.25) is 5.95 Å². The number of hydrogen-bond acceptors (Lipinski definition) is 7. The number of nitrogens with one attached hydrogen (secondary N) is 1. The van der Waals surface area contributed by atoms with Crippen LogP contribution in [0.2, 0.25) is 0 Å². The Morgan fingerprint density at radius 2 is 2.12 bits per heavy atom. The van der Waals surface area contributed by atoms with Crippen LogP contribution >= 0.6 is 0 Å². The average Bonchev–Trinajstić information content (AvgIpc) is 3.23. The third-order valence-electron chi connectivity index (χ3n) is 4.39. The first-order valence-electron chi connectivity index (χ1n) is 8.34. The summed E-state index contributed by atoms with van der Waals surface area (Å²) in [5.74, 6) is 0.590. The smallest absolute Gasteiger partial charge is 0.224 e. The Bertz CT molecular complexity index is 903. The summed E-state index contributed by atoms with van der Waals surface area (Å²) in [6.07, 6.45) is -1.02. The molecule has 8 nitrogen and oxygen atoms in total. The predicted molar refractivity (Wildman–Crippen MR) is 94.0 cm³/mol. The summed E-state index contributed by atoms with van der Waals surface area (Å²) in [4.78, 5) is 12.8. The van der Waals surface area contributed by atoms with Crippen molar-refractivity contribution in [2.75, 3.05) is 17.7 Å². The maximum absolute atomic E-state index is 13.9. The lowest BCUT2D eigenvalue weighted by Gasteiger charge is -2.14. The monoisotopic (exact) mass is 358 g/mol. The van der Waals surface area contributed by atoms with Gasteiger partial charge in [0.15, 0.2) is 17.0 Å². The molecule has 0 aliphatic carbocycles. The van der Waals surface area contributed by atoms with Crippen LogP contribution in [-0.4, -0.2) is 43.5 Å². The van der Waals surface area contributed by atoms with Crippen molar-refractivity contribution in [3.05, 3.63) is 42.2 Å². The number of anilines is 2. The van der Waals surface area contributed by atoms with Gasteiger partial charge in [-0.15, -0.1) is 0 Å². The SMILES string of the molecule is Nc1nc(NCc2ccccc2)c2ncn([C@H]3C[C@H](F)[C@@H](CO)O3)c2n1. The highest BCUT2D eigenvalue weighted by Gasteiger charge is 2.36. The van der Waals surface area contributed by atoms with Crippen LogP contribution in [0.5, 0.6) is 0 Å². The summed E-state index contributed by atoms with van der Waals surface area (Å²) in [5, 5.41) is 12.4. The number of aromatic nitrogens is 4. The molecular formula is C17H19FN6O2. The van der Waals surface area contributed by atoms with Gasteiger partial charge < -0.3 is 20.9 Å². The Morgan fingerprint density at radius 3 is 2.85 bits per heavy atom. The lowest BCUT2D eigenvalue weighted by Crippen LogP contribution is -2.21. The summed E-state index contributed by atoms with van der Waals surface area (Å²) in [6, 6.07) is 9.85. The molecule has 0 amide bonds. The van der Waals surface area contributed by atoms with E-state index < -0.39 is 18.5 Å². The fourth-order valence-electron chi connectivity index (χ4n) is 3.07. The zero-order valence-corrected chi connectivity index (χ0v) is 13.9. The van der Waals surface area contributed by atoms with Crippen LogP contribution in [0.3, 0.4) is 0 Å². The lowest BCUT2D eigenvalue weighted by atomic mass is 10.2. The number of benzene rings is 1. The van der Waals surface area contributed by atoms with Crippen LogP contribution in [0, 0.1) is 0 Å². The number of nitrogens with zero attached hydrogens (tertiary/aromatic N) is 4. The van der Waals surface area contributed by atoms with E-state index in [0.717, 1.165) is 5.56 Å². The molecule has 9 heteroatoms. The molecule has 26 heavy (non-hydrogen) atoms. The fourth-order valence-corrected chi connectivity index (χ4v) is 3.07. The van der Waals surface area contributed by atoms with Gasteiger partial charge in [0.1, 0.15) is 18.5 Å². The number of nitrogens with two attached hydrogens (primary N) is 1. The van der Waals surface area contributed by atoms with Crippen LogP contribution in [0.1, 0.15) is 18.2 Å². The van der Waals surface area contributed by atoms with Crippen molar-refractivity contribution < 1.29 is 14.2 Å². The molecule has 0 saturated carbocycles. The number of imidazole rings is 1. The molecule has 3 aromatic rings. The number of aliphatic hydroxyl groups is 1. The normalized spacial score (nSPS) is 22.8. The largest absolute Gasteiger partial charge is 0.394 e. The van der Waals surface area contributed by atoms with Gasteiger partial charge in [-0.2, -0.15) is 9.97 Å². The average molecular weight is 358 g/mol. The van der Waals surface area contributed by atoms with E-state index in [9.17, 15) is 9.50 Å². The zero-order chi connectivity index (χ0) is 18.1. The number of rotatable bonds is 5. The van der Waals surface area contributed by atoms with Crippen molar-refractivity contribution in [3.8, 4) is 0 Å². The molecule has 3 heterocycles. The molecule has 4 rings (SSSR count). The molecule has 3 atom stereocenters. The second-order valence-corrected chi connectivity index (χ2v) is 6.16. The Morgan fingerprint density at radius 1 is 1.31 bits per heavy atom. The van der Waals surface area contributed by atoms with Gasteiger partial charge in [-0.1, -0.05) is 30.3 Å². The molecule has 1 fully saturated rings. The molecule has 0 unspecified atom stereocenters. The summed E-state index contributed by atoms with van der Waals surface area (Å²) in [6.45, 7) is 0.184. The van der Waals surface area contributed by atoms with Crippen LogP contribution in [-0.2, 0) is 11.3 Å². The number of fused-ring (bicyclic) bond motifs is 1. The Balaban J connectivity index is 1.63. The Hall–Kier alpha value is -2.78. The quantitative estimate of drug-likeness (QED) is 0.636. The summed E-state index contributed by atoms with van der Waals surface area (Å²) >= 11 is 0. The number of nitrogen functional groups attached to an aromatic ring is 1. The molecule has 1 aliphatic rings. The van der Waals surface area contributed by atoms with Gasteiger partial charge >= 0.3 is 0 Å². The molecule has 1 aromatic carbocycles. The molecule has 4 N–H and O–H groups in total. The van der Waals surface area contributed by atoms with Crippen molar-refractivity contribution >= 4 is 22.9 Å². The van der Waals surface area contributed by atoms with E-state index in [0.29, 0.717) is 23.5 Å². The molecule has 136 valence electrons. The van der Waals surface area contributed by atoms with E-state index in [2.05, 4.69) is 20.3 Å². The first-order valence-corrected chi connectivity index (χ1v) is 8.34. The molecule has 2 aromatic heterocycles. The molecule has 0 spiro atoms. The third kappa shape index (κ3) is 3.06. The second-order valence-electron chi connectivity index (χ2n) is 6.16. The van der Waals surface area contributed by atoms with Crippen LogP contribution < -0.4 is 11.1 Å². The van der Waals surface area contributed by atoms with E-state index in [-0.39, 0.29) is 19.0 Å². The van der Waals surface area contributed by atoms with Crippen molar-refractivity contribution in [1.29, 1.82) is 0 Å². The maximum Gasteiger partial charge on any atom is 0.224 e. The van der Waals surface area contributed by atoms with E-state index in [1.54, 1.807) is 4.57 Å². The van der Waals surface area contributed by atoms with E-state index in [1.807, 2.05) is 30.3 Å². The van der Waals surface area contributed by atoms with Crippen molar-refractivity contribution in [2.45, 2.75) is 31.5 Å². The first-order chi connectivity index (χ1) is 12.7. The molecule has 0 bridgehead atoms. The molecule has 0 radical (unpaired) electrons. The Labute approximate surface area is 148 Å². The van der Waals surface area contributed by atoms with E-state index >= 15 is 0 Å². The zero-order valence-electron chi connectivity index (χ0n) is 13.9. The summed E-state index contributed by atoms with van der Waals surface area (Å²) in [7, 11) is 0. The van der Waals surface area contributed by atoms with Crippen molar-refractivity contribution in [2.24, 2.45) is 0 Å². The van der Waals surface area contributed by atoms with Gasteiger partial charge in [-0.25, -0.2) is 9.37 Å². The molecule has 1 aliphatic heterocycles. The van der Waals surface area contributed by atoms with Crippen LogP contribution in [0.4, 0.5) is 16.2 Å². The molecular weight excluding hydrogens is 339 g/mol. The minimum atomic E-state index is -1.24. The standard InChI is InChI=1S/C17H19FN6O2/c18-11-6-13(26-12(11)8-25)24-9-21-14-15(22-17(19)23-16(14)24)20-7-10-4-2-1-3-5-10/h1-5,9,11-13,25H,6-8H2,(H3,19,20,22,23)/t11-,12+,13+/m0/s1. The van der Waals surface area contributed by atoms with Crippen molar-refractivity contribution in [3.63, 3.8) is 0 Å². The summed E-state index contributed by atoms with van der Waals surface area (Å²) in [5.41, 5.74) is 7.92. The number of alkyl halides is 1. The fraction of sp³-hybridized carbons (Fsp3) is 0.353. The maximum atomic E-state index is 13.9. The van der Waals surface area contributed by atoms with E-state index in [4.69, 9.17) is 10.5 Å². The highest BCUT2D eigenvalue weighted by atomic mass is 19.1. The number of hydrogen-bond donors (Lipinski definition) is 3. The first kappa shape index (κ1) is 16.7. The Kier molecular flexibility index (Phi) is 4.39. The predicted octanol–water partition coefficient (Wildman–Crippen LogP) is 1.64. The van der Waals surface area contributed by atoms with Gasteiger partial charge in [0.25, 0.3) is 0 Å². The highest BCUT2D eigenvalue weighted by Crippen LogP contribution is 2.33. The number of ether oxygens (including phenoxy) is 1. The topological polar surface area (TPSA) is 111 Å². The van der Waals surface area contributed by atoms with Crippen LogP contribution in [0.25, 0.3) is 11.2 Å². The third-order valence-corrected chi connectivity index (χ3v) is 4.39. The van der Waals surface area contributed by atoms with Gasteiger partial charge in [-0.3, -0.25) is 4.57 Å². The van der Waals surface area contributed by atoms with Gasteiger partial charge in [0.05, 0.1) is 12.9 Å². The minimum Gasteiger partial charge on any atom is -0.394 e. The van der Waals surface area contributed by atoms with Crippen LogP contribution in [0.15, 0.2) is 36.7 Å². The van der Waals surface area contributed by atoms with Crippen molar-refractivity contribution in [1.82, 2.24) is 19.5 Å². The highest BCUT2D eigenvalue weighted by molar-refractivity contribution is 5.84. The summed E-state index contributed by atoms with van der Waals surface area (Å²) < 4.78 is 21.1.